The van der Waals surface area contributed by atoms with Crippen LogP contribution in [0.2, 0.25) is 0 Å². The Morgan fingerprint density at radius 1 is 1.17 bits per heavy atom. The average molecular weight is 401 g/mol. The van der Waals surface area contributed by atoms with Gasteiger partial charge in [-0.05, 0) is 84.0 Å². The maximum atomic E-state index is 10.2. The Hall–Kier alpha value is -1.02. The minimum absolute atomic E-state index is 0.101. The van der Waals surface area contributed by atoms with Crippen molar-refractivity contribution in [1.29, 1.82) is 0 Å². The van der Waals surface area contributed by atoms with Crippen LogP contribution in [0.25, 0.3) is 0 Å². The Morgan fingerprint density at radius 3 is 2.62 bits per heavy atom. The third-order valence-corrected chi connectivity index (χ3v) is 8.45. The molecule has 1 N–H and O–H groups in total. The molecule has 3 unspecified atom stereocenters. The van der Waals surface area contributed by atoms with E-state index in [9.17, 15) is 5.11 Å². The average Bonchev–Trinajstić information content (AvgIpc) is 2.71. The van der Waals surface area contributed by atoms with Crippen molar-refractivity contribution in [2.75, 3.05) is 6.61 Å². The summed E-state index contributed by atoms with van der Waals surface area (Å²) in [6.45, 7) is 17.4. The van der Waals surface area contributed by atoms with Crippen molar-refractivity contribution < 1.29 is 9.84 Å². The maximum Gasteiger partial charge on any atom is 0.0966 e. The molecular weight excluding hydrogens is 356 g/mol. The van der Waals surface area contributed by atoms with E-state index in [1.807, 2.05) is 0 Å². The molecule has 3 aliphatic rings. The summed E-state index contributed by atoms with van der Waals surface area (Å²) in [7, 11) is 0. The smallest absolute Gasteiger partial charge is 0.0966 e. The normalized spacial score (nSPS) is 34.6. The lowest BCUT2D eigenvalue weighted by atomic mass is 9.53. The number of hydrogen-bond acceptors (Lipinski definition) is 2. The molecule has 5 atom stereocenters. The van der Waals surface area contributed by atoms with Gasteiger partial charge in [-0.1, -0.05) is 60.5 Å². The Balaban J connectivity index is 1.85. The van der Waals surface area contributed by atoms with Gasteiger partial charge in [-0.25, -0.2) is 0 Å². The molecule has 0 radical (unpaired) electrons. The number of allylic oxidation sites excluding steroid dienone is 5. The van der Waals surface area contributed by atoms with Crippen LogP contribution < -0.4 is 0 Å². The van der Waals surface area contributed by atoms with Gasteiger partial charge in [-0.2, -0.15) is 0 Å². The molecule has 0 aromatic carbocycles. The van der Waals surface area contributed by atoms with Gasteiger partial charge < -0.3 is 9.84 Å². The van der Waals surface area contributed by atoms with Crippen LogP contribution in [-0.4, -0.2) is 17.8 Å². The van der Waals surface area contributed by atoms with Crippen LogP contribution in [0, 0.1) is 29.1 Å². The standard InChI is InChI=1S/C27H44O2/c1-7-9-10-15-29-22-12-14-23-18(3)26(19(4)27(5,6)25(23)17-22)24-13-11-21(28)16-20(24)8-2/h17,19-21,24,26,28H,3,7-16H2,1-2,4-6H3/t19?,20?,21-,24+,26?/m1/s1. The van der Waals surface area contributed by atoms with Crippen LogP contribution in [-0.2, 0) is 4.74 Å². The summed E-state index contributed by atoms with van der Waals surface area (Å²) < 4.78 is 6.16. The van der Waals surface area contributed by atoms with Crippen molar-refractivity contribution in [3.63, 3.8) is 0 Å². The summed E-state index contributed by atoms with van der Waals surface area (Å²) in [6.07, 6.45) is 12.2. The molecule has 1 saturated carbocycles. The monoisotopic (exact) mass is 400 g/mol. The second-order valence-electron chi connectivity index (χ2n) is 10.4. The van der Waals surface area contributed by atoms with Crippen LogP contribution in [0.15, 0.2) is 35.1 Å². The molecule has 2 heteroatoms. The summed E-state index contributed by atoms with van der Waals surface area (Å²) in [5.74, 6) is 3.56. The maximum absolute atomic E-state index is 10.2. The molecule has 164 valence electrons. The van der Waals surface area contributed by atoms with Gasteiger partial charge in [0.1, 0.15) is 0 Å². The van der Waals surface area contributed by atoms with E-state index < -0.39 is 0 Å². The SMILES string of the molecule is C=C1C2=C(C=C(OCCCCC)CC2)C(C)(C)C(C)C1[C@H]1CC[C@@H](O)CC1CC. The van der Waals surface area contributed by atoms with E-state index in [0.29, 0.717) is 23.7 Å². The van der Waals surface area contributed by atoms with Gasteiger partial charge in [0, 0.05) is 6.42 Å². The summed E-state index contributed by atoms with van der Waals surface area (Å²) in [5, 5.41) is 10.2. The number of aliphatic hydroxyl groups excluding tert-OH is 1. The van der Waals surface area contributed by atoms with E-state index in [1.54, 1.807) is 0 Å². The third kappa shape index (κ3) is 4.53. The predicted molar refractivity (Wildman–Crippen MR) is 123 cm³/mol. The first-order valence-corrected chi connectivity index (χ1v) is 12.2. The highest BCUT2D eigenvalue weighted by Gasteiger charge is 2.48. The summed E-state index contributed by atoms with van der Waals surface area (Å²) in [5.41, 5.74) is 4.52. The minimum Gasteiger partial charge on any atom is -0.498 e. The molecule has 29 heavy (non-hydrogen) atoms. The van der Waals surface area contributed by atoms with Crippen LogP contribution in [0.1, 0.15) is 92.4 Å². The van der Waals surface area contributed by atoms with E-state index in [-0.39, 0.29) is 11.5 Å². The highest BCUT2D eigenvalue weighted by molar-refractivity contribution is 5.50. The van der Waals surface area contributed by atoms with E-state index in [4.69, 9.17) is 4.74 Å². The molecule has 0 saturated heterocycles. The zero-order valence-corrected chi connectivity index (χ0v) is 19.6. The molecule has 2 nitrogen and oxygen atoms in total. The number of unbranched alkanes of at least 4 members (excludes halogenated alkanes) is 2. The minimum atomic E-state index is -0.101. The largest absolute Gasteiger partial charge is 0.498 e. The molecule has 3 rings (SSSR count). The second-order valence-corrected chi connectivity index (χ2v) is 10.4. The van der Waals surface area contributed by atoms with Gasteiger partial charge in [-0.3, -0.25) is 0 Å². The van der Waals surface area contributed by atoms with Crippen molar-refractivity contribution in [2.24, 2.45) is 29.1 Å². The fourth-order valence-electron chi connectivity index (χ4n) is 6.31. The fourth-order valence-corrected chi connectivity index (χ4v) is 6.31. The number of aliphatic hydroxyl groups is 1. The molecule has 0 aromatic heterocycles. The Bertz CT molecular complexity index is 653. The number of ether oxygens (including phenoxy) is 1. The zero-order valence-electron chi connectivity index (χ0n) is 19.6. The molecule has 0 spiro atoms. The summed E-state index contributed by atoms with van der Waals surface area (Å²) in [4.78, 5) is 0. The first-order valence-electron chi connectivity index (χ1n) is 12.2. The van der Waals surface area contributed by atoms with Crippen molar-refractivity contribution in [2.45, 2.75) is 98.5 Å². The summed E-state index contributed by atoms with van der Waals surface area (Å²) >= 11 is 0. The lowest BCUT2D eigenvalue weighted by Gasteiger charge is -2.52. The van der Waals surface area contributed by atoms with Gasteiger partial charge in [0.15, 0.2) is 0 Å². The van der Waals surface area contributed by atoms with E-state index in [1.165, 1.54) is 41.7 Å². The Morgan fingerprint density at radius 2 is 1.93 bits per heavy atom. The van der Waals surface area contributed by atoms with Crippen molar-refractivity contribution >= 4 is 0 Å². The van der Waals surface area contributed by atoms with Crippen molar-refractivity contribution in [3.8, 4) is 0 Å². The van der Waals surface area contributed by atoms with Crippen molar-refractivity contribution in [1.82, 2.24) is 0 Å². The van der Waals surface area contributed by atoms with Gasteiger partial charge in [0.2, 0.25) is 0 Å². The first-order chi connectivity index (χ1) is 13.8. The van der Waals surface area contributed by atoms with Crippen LogP contribution in [0.5, 0.6) is 0 Å². The van der Waals surface area contributed by atoms with Gasteiger partial charge >= 0.3 is 0 Å². The number of hydrogen-bond donors (Lipinski definition) is 1. The topological polar surface area (TPSA) is 29.5 Å². The quantitative estimate of drug-likeness (QED) is 0.458. The van der Waals surface area contributed by atoms with E-state index in [0.717, 1.165) is 45.1 Å². The molecule has 0 bridgehead atoms. The lowest BCUT2D eigenvalue weighted by molar-refractivity contribution is 0.0246. The molecule has 3 aliphatic carbocycles. The molecule has 0 heterocycles. The van der Waals surface area contributed by atoms with Gasteiger partial charge in [0.05, 0.1) is 18.5 Å². The highest BCUT2D eigenvalue weighted by atomic mass is 16.5. The highest BCUT2D eigenvalue weighted by Crippen LogP contribution is 2.57. The molecular formula is C27H44O2. The summed E-state index contributed by atoms with van der Waals surface area (Å²) in [6, 6.07) is 0. The predicted octanol–water partition coefficient (Wildman–Crippen LogP) is 7.20. The van der Waals surface area contributed by atoms with Gasteiger partial charge in [0.25, 0.3) is 0 Å². The van der Waals surface area contributed by atoms with Crippen LogP contribution >= 0.6 is 0 Å². The Kier molecular flexibility index (Phi) is 7.36. The zero-order chi connectivity index (χ0) is 21.2. The van der Waals surface area contributed by atoms with E-state index >= 15 is 0 Å². The second kappa shape index (κ2) is 9.41. The first kappa shape index (κ1) is 22.7. The Labute approximate surface area is 179 Å². The number of rotatable bonds is 7. The molecule has 0 aromatic rings. The molecule has 1 fully saturated rings. The van der Waals surface area contributed by atoms with Gasteiger partial charge in [-0.15, -0.1) is 0 Å². The van der Waals surface area contributed by atoms with Crippen LogP contribution in [0.3, 0.4) is 0 Å². The lowest BCUT2D eigenvalue weighted by Crippen LogP contribution is -2.44. The molecule has 0 aliphatic heterocycles. The molecule has 0 amide bonds. The van der Waals surface area contributed by atoms with Crippen molar-refractivity contribution in [3.05, 3.63) is 35.1 Å². The fraction of sp³-hybridized carbons (Fsp3) is 0.778. The third-order valence-electron chi connectivity index (χ3n) is 8.45. The van der Waals surface area contributed by atoms with E-state index in [2.05, 4.69) is 47.3 Å². The van der Waals surface area contributed by atoms with Crippen LogP contribution in [0.4, 0.5) is 0 Å².